The van der Waals surface area contributed by atoms with Gasteiger partial charge in [0.25, 0.3) is 0 Å². The van der Waals surface area contributed by atoms with Crippen molar-refractivity contribution in [3.8, 4) is 0 Å². The fourth-order valence-corrected chi connectivity index (χ4v) is 1.55. The van der Waals surface area contributed by atoms with Crippen LogP contribution in [0.3, 0.4) is 0 Å². The maximum Gasteiger partial charge on any atom is 0.238 e. The standard InChI is InChI=1S/C8H12N2O2S/c1-2-10-7-4-3-5-8(6-7)13(9,11)12/h3-6,10H,2H2,1H3,(H2,9,11,12). The summed E-state index contributed by atoms with van der Waals surface area (Å²) in [6.07, 6.45) is 0. The van der Waals surface area contributed by atoms with Crippen LogP contribution in [0.15, 0.2) is 29.2 Å². The predicted octanol–water partition coefficient (Wildman–Crippen LogP) is 0.766. The van der Waals surface area contributed by atoms with Crippen molar-refractivity contribution in [2.75, 3.05) is 11.9 Å². The summed E-state index contributed by atoms with van der Waals surface area (Å²) in [4.78, 5) is 0.131. The smallest absolute Gasteiger partial charge is 0.238 e. The number of nitrogens with two attached hydrogens (primary N) is 1. The van der Waals surface area contributed by atoms with Gasteiger partial charge in [0, 0.05) is 12.2 Å². The molecule has 0 aliphatic carbocycles. The number of nitrogens with one attached hydrogen (secondary N) is 1. The zero-order valence-electron chi connectivity index (χ0n) is 7.32. The Balaban J connectivity index is 3.06. The molecule has 0 aromatic heterocycles. The molecule has 0 atom stereocenters. The van der Waals surface area contributed by atoms with Crippen molar-refractivity contribution in [3.63, 3.8) is 0 Å². The number of sulfonamides is 1. The van der Waals surface area contributed by atoms with Crippen molar-refractivity contribution in [1.82, 2.24) is 0 Å². The van der Waals surface area contributed by atoms with Gasteiger partial charge in [-0.15, -0.1) is 0 Å². The van der Waals surface area contributed by atoms with Gasteiger partial charge in [-0.1, -0.05) is 6.07 Å². The first-order valence-electron chi connectivity index (χ1n) is 3.91. The summed E-state index contributed by atoms with van der Waals surface area (Å²) < 4.78 is 21.9. The van der Waals surface area contributed by atoms with Gasteiger partial charge >= 0.3 is 0 Å². The Hall–Kier alpha value is -1.07. The maximum atomic E-state index is 10.9. The van der Waals surface area contributed by atoms with Gasteiger partial charge < -0.3 is 5.32 Å². The first kappa shape index (κ1) is 10.0. The third-order valence-electron chi connectivity index (χ3n) is 1.54. The maximum absolute atomic E-state index is 10.9. The highest BCUT2D eigenvalue weighted by Gasteiger charge is 2.06. The highest BCUT2D eigenvalue weighted by Crippen LogP contribution is 2.13. The van der Waals surface area contributed by atoms with Crippen molar-refractivity contribution in [2.45, 2.75) is 11.8 Å². The Morgan fingerprint density at radius 1 is 1.46 bits per heavy atom. The molecule has 13 heavy (non-hydrogen) atoms. The molecule has 0 amide bonds. The SMILES string of the molecule is CCNc1cccc(S(N)(=O)=O)c1. The minimum absolute atomic E-state index is 0.131. The van der Waals surface area contributed by atoms with Crippen LogP contribution in [0.4, 0.5) is 5.69 Å². The Morgan fingerprint density at radius 3 is 2.69 bits per heavy atom. The summed E-state index contributed by atoms with van der Waals surface area (Å²) in [5.41, 5.74) is 0.758. The van der Waals surface area contributed by atoms with Crippen LogP contribution in [0.25, 0.3) is 0 Å². The first-order valence-corrected chi connectivity index (χ1v) is 5.45. The van der Waals surface area contributed by atoms with Gasteiger partial charge in [-0.25, -0.2) is 13.6 Å². The molecule has 0 bridgehead atoms. The van der Waals surface area contributed by atoms with E-state index >= 15 is 0 Å². The molecule has 0 aliphatic rings. The number of rotatable bonds is 3. The van der Waals surface area contributed by atoms with Gasteiger partial charge in [-0.3, -0.25) is 0 Å². The van der Waals surface area contributed by atoms with Gasteiger partial charge in [0.15, 0.2) is 0 Å². The molecule has 0 saturated heterocycles. The molecular weight excluding hydrogens is 188 g/mol. The van der Waals surface area contributed by atoms with Gasteiger partial charge in [-0.2, -0.15) is 0 Å². The Morgan fingerprint density at radius 2 is 2.15 bits per heavy atom. The molecule has 1 aromatic carbocycles. The fourth-order valence-electron chi connectivity index (χ4n) is 0.987. The van der Waals surface area contributed by atoms with Crippen molar-refractivity contribution in [3.05, 3.63) is 24.3 Å². The minimum Gasteiger partial charge on any atom is -0.385 e. The van der Waals surface area contributed by atoms with E-state index in [4.69, 9.17) is 5.14 Å². The second kappa shape index (κ2) is 3.76. The average molecular weight is 200 g/mol. The van der Waals surface area contributed by atoms with E-state index in [0.29, 0.717) is 0 Å². The van der Waals surface area contributed by atoms with Crippen LogP contribution in [-0.2, 0) is 10.0 Å². The molecule has 0 radical (unpaired) electrons. The van der Waals surface area contributed by atoms with E-state index in [-0.39, 0.29) is 4.90 Å². The monoisotopic (exact) mass is 200 g/mol. The zero-order chi connectivity index (χ0) is 9.90. The van der Waals surface area contributed by atoms with E-state index in [2.05, 4.69) is 5.32 Å². The number of primary sulfonamides is 1. The van der Waals surface area contributed by atoms with Crippen LogP contribution >= 0.6 is 0 Å². The third-order valence-corrected chi connectivity index (χ3v) is 2.45. The molecule has 1 rings (SSSR count). The second-order valence-corrected chi connectivity index (χ2v) is 4.16. The Kier molecular flexibility index (Phi) is 2.90. The summed E-state index contributed by atoms with van der Waals surface area (Å²) >= 11 is 0. The van der Waals surface area contributed by atoms with E-state index < -0.39 is 10.0 Å². The van der Waals surface area contributed by atoms with Crippen molar-refractivity contribution < 1.29 is 8.42 Å². The summed E-state index contributed by atoms with van der Waals surface area (Å²) in [6.45, 7) is 2.68. The van der Waals surface area contributed by atoms with Crippen LogP contribution < -0.4 is 10.5 Å². The lowest BCUT2D eigenvalue weighted by Crippen LogP contribution is -2.12. The molecule has 72 valence electrons. The molecule has 3 N–H and O–H groups in total. The third kappa shape index (κ3) is 2.71. The van der Waals surface area contributed by atoms with Crippen LogP contribution in [-0.4, -0.2) is 15.0 Å². The molecule has 0 spiro atoms. The number of anilines is 1. The summed E-state index contributed by atoms with van der Waals surface area (Å²) in [5, 5.41) is 7.97. The van der Waals surface area contributed by atoms with E-state index in [1.165, 1.54) is 12.1 Å². The van der Waals surface area contributed by atoms with E-state index in [1.807, 2.05) is 6.92 Å². The fraction of sp³-hybridized carbons (Fsp3) is 0.250. The lowest BCUT2D eigenvalue weighted by molar-refractivity contribution is 0.598. The van der Waals surface area contributed by atoms with E-state index in [0.717, 1.165) is 12.2 Å². The summed E-state index contributed by atoms with van der Waals surface area (Å²) in [5.74, 6) is 0. The Bertz CT molecular complexity index is 387. The molecule has 0 unspecified atom stereocenters. The highest BCUT2D eigenvalue weighted by atomic mass is 32.2. The molecule has 4 nitrogen and oxygen atoms in total. The van der Waals surface area contributed by atoms with E-state index in [9.17, 15) is 8.42 Å². The lowest BCUT2D eigenvalue weighted by Gasteiger charge is -2.04. The average Bonchev–Trinajstić information content (AvgIpc) is 2.04. The predicted molar refractivity (Wildman–Crippen MR) is 52.0 cm³/mol. The number of benzene rings is 1. The minimum atomic E-state index is -3.58. The first-order chi connectivity index (χ1) is 6.04. The Labute approximate surface area is 77.8 Å². The van der Waals surface area contributed by atoms with Gasteiger partial charge in [0.2, 0.25) is 10.0 Å². The molecule has 5 heteroatoms. The van der Waals surface area contributed by atoms with Crippen LogP contribution in [0.2, 0.25) is 0 Å². The van der Waals surface area contributed by atoms with Crippen LogP contribution in [0.1, 0.15) is 6.92 Å². The largest absolute Gasteiger partial charge is 0.385 e. The summed E-state index contributed by atoms with van der Waals surface area (Å²) in [7, 11) is -3.58. The van der Waals surface area contributed by atoms with Crippen LogP contribution in [0, 0.1) is 0 Å². The molecule has 0 aliphatic heterocycles. The molecule has 0 fully saturated rings. The molecule has 1 aromatic rings. The normalized spacial score (nSPS) is 11.2. The highest BCUT2D eigenvalue weighted by molar-refractivity contribution is 7.89. The van der Waals surface area contributed by atoms with Crippen LogP contribution in [0.5, 0.6) is 0 Å². The van der Waals surface area contributed by atoms with Crippen molar-refractivity contribution in [1.29, 1.82) is 0 Å². The van der Waals surface area contributed by atoms with E-state index in [1.54, 1.807) is 12.1 Å². The van der Waals surface area contributed by atoms with Gasteiger partial charge in [0.05, 0.1) is 4.90 Å². The molecule has 0 heterocycles. The molecular formula is C8H12N2O2S. The van der Waals surface area contributed by atoms with Gasteiger partial charge in [-0.05, 0) is 25.1 Å². The molecule has 0 saturated carbocycles. The number of hydrogen-bond donors (Lipinski definition) is 2. The second-order valence-electron chi connectivity index (χ2n) is 2.60. The van der Waals surface area contributed by atoms with Crippen molar-refractivity contribution in [2.24, 2.45) is 5.14 Å². The quantitative estimate of drug-likeness (QED) is 0.756. The lowest BCUT2D eigenvalue weighted by atomic mass is 10.3. The topological polar surface area (TPSA) is 72.2 Å². The van der Waals surface area contributed by atoms with Crippen molar-refractivity contribution >= 4 is 15.7 Å². The number of hydrogen-bond acceptors (Lipinski definition) is 3. The summed E-state index contributed by atoms with van der Waals surface area (Å²) in [6, 6.07) is 6.42. The van der Waals surface area contributed by atoms with Gasteiger partial charge in [0.1, 0.15) is 0 Å². The zero-order valence-corrected chi connectivity index (χ0v) is 8.14.